The van der Waals surface area contributed by atoms with E-state index < -0.39 is 27.4 Å². The molecule has 5 atom stereocenters. The lowest BCUT2D eigenvalue weighted by Gasteiger charge is -2.56. The lowest BCUT2D eigenvalue weighted by molar-refractivity contribution is -0.169. The van der Waals surface area contributed by atoms with Gasteiger partial charge in [0.2, 0.25) is 4.87 Å². The fraction of sp³-hybridized carbons (Fsp3) is 0.360. The van der Waals surface area contributed by atoms with Crippen LogP contribution in [0.1, 0.15) is 25.0 Å². The number of carbonyl (C=O) groups is 2. The topological polar surface area (TPSA) is 88.7 Å². The first-order chi connectivity index (χ1) is 17.3. The predicted octanol–water partition coefficient (Wildman–Crippen LogP) is 4.62. The van der Waals surface area contributed by atoms with Crippen LogP contribution in [-0.2, 0) is 15.0 Å². The first kappa shape index (κ1) is 23.2. The van der Waals surface area contributed by atoms with E-state index >= 15 is 0 Å². The smallest absolute Gasteiger partial charge is 0.264 e. The van der Waals surface area contributed by atoms with Crippen molar-refractivity contribution in [1.82, 2.24) is 14.8 Å². The maximum atomic E-state index is 14.7. The Morgan fingerprint density at radius 3 is 2.50 bits per heavy atom. The second-order valence-corrected chi connectivity index (χ2v) is 16.1. The number of aromatic amines is 1. The summed E-state index contributed by atoms with van der Waals surface area (Å²) < 4.78 is 0. The van der Waals surface area contributed by atoms with Crippen LogP contribution in [0.15, 0.2) is 54.7 Å². The number of aliphatic hydroxyl groups excluding tert-OH is 1. The molecule has 1 aromatic heterocycles. The van der Waals surface area contributed by atoms with E-state index in [0.29, 0.717) is 0 Å². The number of aromatic nitrogens is 1. The summed E-state index contributed by atoms with van der Waals surface area (Å²) in [7, 11) is 7.41. The number of H-pyrrole nitrogens is 1. The first-order valence-corrected chi connectivity index (χ1v) is 16.6. The molecule has 7 nitrogen and oxygen atoms in total. The number of carbonyl (C=O) groups excluding carboxylic acids is 2. The number of para-hydroxylation sites is 2. The number of fused-ring (bicyclic) bond motifs is 8. The second kappa shape index (κ2) is 7.57. The quantitative estimate of drug-likeness (QED) is 0.394. The molecule has 0 aliphatic carbocycles. The number of rotatable bonds is 2. The number of anilines is 1. The molecule has 1 unspecified atom stereocenters. The molecule has 4 fully saturated rings. The molecule has 5 aliphatic rings. The zero-order chi connectivity index (χ0) is 25.0. The number of hydrogen-bond acceptors (Lipinski definition) is 8. The first-order valence-electron chi connectivity index (χ1n) is 11.8. The summed E-state index contributed by atoms with van der Waals surface area (Å²) in [5.41, 5.74) is 2.53. The number of hydrogen-bond donors (Lipinski definition) is 3. The van der Waals surface area contributed by atoms with Gasteiger partial charge in [-0.1, -0.05) is 50.2 Å². The number of amides is 2. The van der Waals surface area contributed by atoms with Crippen LogP contribution < -0.4 is 5.32 Å². The van der Waals surface area contributed by atoms with Gasteiger partial charge < -0.3 is 20.3 Å². The molecule has 2 aromatic carbocycles. The van der Waals surface area contributed by atoms with E-state index in [0.717, 1.165) is 27.7 Å². The Morgan fingerprint density at radius 1 is 0.972 bits per heavy atom. The van der Waals surface area contributed by atoms with Crippen LogP contribution in [0.4, 0.5) is 5.69 Å². The van der Waals surface area contributed by atoms with Crippen molar-refractivity contribution in [2.75, 3.05) is 12.4 Å². The summed E-state index contributed by atoms with van der Waals surface area (Å²) in [5.74, 6) is -0.514. The number of nitrogens with one attached hydrogen (secondary N) is 2. The van der Waals surface area contributed by atoms with Gasteiger partial charge in [-0.2, -0.15) is 0 Å². The van der Waals surface area contributed by atoms with Crippen molar-refractivity contribution >= 4 is 69.6 Å². The molecule has 1 spiro atoms. The Bertz CT molecular complexity index is 1450. The maximum absolute atomic E-state index is 14.7. The van der Waals surface area contributed by atoms with Gasteiger partial charge in [0.05, 0.1) is 5.41 Å². The zero-order valence-corrected chi connectivity index (χ0v) is 23.0. The number of piperazine rings is 1. The van der Waals surface area contributed by atoms with E-state index in [1.165, 1.54) is 41.2 Å². The van der Waals surface area contributed by atoms with Gasteiger partial charge in [0.15, 0.2) is 4.87 Å². The summed E-state index contributed by atoms with van der Waals surface area (Å²) >= 11 is 0. The van der Waals surface area contributed by atoms with Crippen LogP contribution in [0, 0.1) is 5.92 Å². The molecule has 3 aromatic rings. The van der Waals surface area contributed by atoms with Gasteiger partial charge >= 0.3 is 0 Å². The molecule has 2 bridgehead atoms. The molecule has 36 heavy (non-hydrogen) atoms. The van der Waals surface area contributed by atoms with Gasteiger partial charge in [-0.25, -0.2) is 0 Å². The average Bonchev–Trinajstić information content (AvgIpc) is 3.49. The van der Waals surface area contributed by atoms with Gasteiger partial charge in [-0.05, 0) is 70.4 Å². The van der Waals surface area contributed by atoms with Crippen LogP contribution in [-0.4, -0.2) is 60.8 Å². The minimum absolute atomic E-state index is 0.137. The molecule has 4 saturated heterocycles. The second-order valence-electron chi connectivity index (χ2n) is 10.0. The summed E-state index contributed by atoms with van der Waals surface area (Å²) in [5, 5.41) is 17.2. The zero-order valence-electron chi connectivity index (χ0n) is 19.7. The fourth-order valence-corrected chi connectivity index (χ4v) is 14.8. The van der Waals surface area contributed by atoms with Crippen LogP contribution >= 0.6 is 41.2 Å². The molecule has 186 valence electrons. The maximum Gasteiger partial charge on any atom is 0.264 e. The SMILES string of the molecule is CC(C)[C@]12SSSS[C@]3(C(=O)N1C)[C@@H](O)C1(c4c[nH]c5ccccc45)c4ccccc4N[C@@H]1N3C2=O. The molecular formula is C25H24N4O3S4. The van der Waals surface area contributed by atoms with E-state index in [9.17, 15) is 14.7 Å². The van der Waals surface area contributed by atoms with Crippen molar-refractivity contribution in [1.29, 1.82) is 0 Å². The van der Waals surface area contributed by atoms with Crippen LogP contribution in [0.25, 0.3) is 10.9 Å². The Balaban J connectivity index is 1.58. The number of likely N-dealkylation sites (N-methyl/N-ethyl adjacent to an activating group) is 1. The summed E-state index contributed by atoms with van der Waals surface area (Å²) in [4.78, 5) is 33.2. The molecule has 6 heterocycles. The Morgan fingerprint density at radius 2 is 1.69 bits per heavy atom. The number of nitrogens with zero attached hydrogens (tertiary/aromatic N) is 2. The van der Waals surface area contributed by atoms with Crippen LogP contribution in [0.2, 0.25) is 0 Å². The van der Waals surface area contributed by atoms with Crippen molar-refractivity contribution in [3.05, 3.63) is 65.9 Å². The highest BCUT2D eigenvalue weighted by Gasteiger charge is 2.80. The third kappa shape index (κ3) is 2.38. The van der Waals surface area contributed by atoms with Crippen LogP contribution in [0.3, 0.4) is 0 Å². The Hall–Kier alpha value is -1.92. The van der Waals surface area contributed by atoms with E-state index in [-0.39, 0.29) is 17.7 Å². The minimum Gasteiger partial charge on any atom is -0.388 e. The standard InChI is InChI=1S/C25H24N4O3S4/c1-13(2)24-22(32)29-20-23(15-9-5-7-11-18(15)27-20,16-12-26-17-10-6-4-8-14(16)17)19(30)25(29,21(31)28(24)3)34-36-35-33-24/h4-13,19-20,26-27,30H,1-3H3/t19-,20+,23?,24+,25-/m0/s1. The third-order valence-electron chi connectivity index (χ3n) is 8.32. The Labute approximate surface area is 223 Å². The molecular weight excluding hydrogens is 533 g/mol. The van der Waals surface area contributed by atoms with Crippen molar-refractivity contribution in [2.24, 2.45) is 5.92 Å². The molecule has 5 aliphatic heterocycles. The van der Waals surface area contributed by atoms with Crippen molar-refractivity contribution < 1.29 is 14.7 Å². The van der Waals surface area contributed by atoms with E-state index in [1.807, 2.05) is 68.6 Å². The van der Waals surface area contributed by atoms with Gasteiger partial charge in [-0.15, -0.1) is 0 Å². The monoisotopic (exact) mass is 556 g/mol. The van der Waals surface area contributed by atoms with Gasteiger partial charge in [0, 0.05) is 29.8 Å². The largest absolute Gasteiger partial charge is 0.388 e. The van der Waals surface area contributed by atoms with Gasteiger partial charge in [-0.3, -0.25) is 14.5 Å². The van der Waals surface area contributed by atoms with Crippen LogP contribution in [0.5, 0.6) is 0 Å². The summed E-state index contributed by atoms with van der Waals surface area (Å²) in [6.45, 7) is 3.97. The molecule has 3 N–H and O–H groups in total. The number of aliphatic hydroxyl groups is 1. The predicted molar refractivity (Wildman–Crippen MR) is 149 cm³/mol. The normalized spacial score (nSPS) is 35.0. The Kier molecular flexibility index (Phi) is 4.88. The average molecular weight is 557 g/mol. The van der Waals surface area contributed by atoms with Crippen molar-refractivity contribution in [3.63, 3.8) is 0 Å². The minimum atomic E-state index is -1.48. The molecule has 0 saturated carbocycles. The third-order valence-corrected chi connectivity index (χ3v) is 15.9. The van der Waals surface area contributed by atoms with Crippen molar-refractivity contribution in [2.45, 2.75) is 41.3 Å². The summed E-state index contributed by atoms with van der Waals surface area (Å²) in [6, 6.07) is 15.9. The van der Waals surface area contributed by atoms with Crippen molar-refractivity contribution in [3.8, 4) is 0 Å². The molecule has 0 radical (unpaired) electrons. The summed E-state index contributed by atoms with van der Waals surface area (Å²) in [6.07, 6.45) is 0.103. The highest BCUT2D eigenvalue weighted by molar-refractivity contribution is 9.26. The highest BCUT2D eigenvalue weighted by Crippen LogP contribution is 2.70. The molecule has 11 heteroatoms. The lowest BCUT2D eigenvalue weighted by Crippen LogP contribution is -2.76. The van der Waals surface area contributed by atoms with E-state index in [1.54, 1.807) is 16.8 Å². The van der Waals surface area contributed by atoms with Gasteiger partial charge in [0.25, 0.3) is 11.8 Å². The number of benzene rings is 2. The molecule has 8 rings (SSSR count). The fourth-order valence-electron chi connectivity index (χ4n) is 6.70. The van der Waals surface area contributed by atoms with E-state index in [4.69, 9.17) is 0 Å². The van der Waals surface area contributed by atoms with E-state index in [2.05, 4.69) is 10.3 Å². The lowest BCUT2D eigenvalue weighted by atomic mass is 9.70. The highest BCUT2D eigenvalue weighted by atomic mass is 33.7. The molecule has 2 amide bonds. The van der Waals surface area contributed by atoms with Gasteiger partial charge in [0.1, 0.15) is 12.3 Å².